The van der Waals surface area contributed by atoms with Crippen LogP contribution in [0.25, 0.3) is 0 Å². The Morgan fingerprint density at radius 3 is 2.61 bits per heavy atom. The molecule has 1 aliphatic rings. The van der Waals surface area contributed by atoms with E-state index in [9.17, 15) is 14.4 Å². The second-order valence-electron chi connectivity index (χ2n) is 7.38. The molecule has 0 radical (unpaired) electrons. The van der Waals surface area contributed by atoms with E-state index in [1.165, 1.54) is 12.5 Å². The Labute approximate surface area is 164 Å². The molecule has 2 atom stereocenters. The van der Waals surface area contributed by atoms with Crippen LogP contribution >= 0.6 is 0 Å². The van der Waals surface area contributed by atoms with Crippen molar-refractivity contribution in [2.45, 2.75) is 59.1 Å². The largest absolute Gasteiger partial charge is 0.448 e. The molecule has 2 unspecified atom stereocenters. The zero-order valence-electron chi connectivity index (χ0n) is 16.7. The van der Waals surface area contributed by atoms with Gasteiger partial charge in [-0.2, -0.15) is 0 Å². The number of benzene rings is 1. The topological polar surface area (TPSA) is 88.3 Å². The minimum absolute atomic E-state index is 0.0719. The Kier molecular flexibility index (Phi) is 5.68. The van der Waals surface area contributed by atoms with Gasteiger partial charge in [0.1, 0.15) is 5.69 Å². The number of aromatic amines is 1. The van der Waals surface area contributed by atoms with E-state index in [1.54, 1.807) is 20.8 Å². The molecule has 0 saturated heterocycles. The van der Waals surface area contributed by atoms with Crippen molar-refractivity contribution in [2.24, 2.45) is 0 Å². The van der Waals surface area contributed by atoms with Gasteiger partial charge in [-0.15, -0.1) is 0 Å². The number of nitrogens with one attached hydrogen (secondary N) is 2. The molecule has 2 N–H and O–H groups in total. The van der Waals surface area contributed by atoms with Crippen LogP contribution in [-0.2, 0) is 16.0 Å². The van der Waals surface area contributed by atoms with E-state index in [-0.39, 0.29) is 23.4 Å². The minimum Gasteiger partial charge on any atom is -0.448 e. The van der Waals surface area contributed by atoms with Crippen LogP contribution in [0.1, 0.15) is 76.0 Å². The summed E-state index contributed by atoms with van der Waals surface area (Å²) in [5.41, 5.74) is 4.24. The summed E-state index contributed by atoms with van der Waals surface area (Å²) < 4.78 is 5.36. The number of hydrogen-bond donors (Lipinski definition) is 2. The smallest absolute Gasteiger partial charge is 0.355 e. The molecule has 1 aliphatic carbocycles. The summed E-state index contributed by atoms with van der Waals surface area (Å²) in [6, 6.07) is 8.02. The van der Waals surface area contributed by atoms with Gasteiger partial charge < -0.3 is 15.0 Å². The lowest BCUT2D eigenvalue weighted by molar-refractivity contribution is -0.130. The van der Waals surface area contributed by atoms with Crippen LogP contribution in [0.5, 0.6) is 0 Å². The van der Waals surface area contributed by atoms with Crippen molar-refractivity contribution in [2.75, 3.05) is 0 Å². The maximum atomic E-state index is 12.6. The van der Waals surface area contributed by atoms with Crippen LogP contribution in [0.3, 0.4) is 0 Å². The first-order valence-electron chi connectivity index (χ1n) is 9.58. The average molecular weight is 382 g/mol. The van der Waals surface area contributed by atoms with E-state index in [4.69, 9.17) is 4.74 Å². The summed E-state index contributed by atoms with van der Waals surface area (Å²) >= 11 is 0. The number of Topliss-reactive ketones (excluding diaryl/α,β-unsaturated/α-hetero) is 1. The number of aryl methyl sites for hydroxylation is 2. The Morgan fingerprint density at radius 2 is 1.93 bits per heavy atom. The molecule has 0 saturated carbocycles. The lowest BCUT2D eigenvalue weighted by atomic mass is 9.87. The molecule has 0 spiro atoms. The first-order chi connectivity index (χ1) is 13.3. The number of carbonyl (C=O) groups excluding carboxylic acids is 3. The van der Waals surface area contributed by atoms with Gasteiger partial charge >= 0.3 is 5.97 Å². The molecular weight excluding hydrogens is 356 g/mol. The van der Waals surface area contributed by atoms with Crippen LogP contribution in [-0.4, -0.2) is 28.7 Å². The molecule has 2 aromatic rings. The molecule has 6 nitrogen and oxygen atoms in total. The summed E-state index contributed by atoms with van der Waals surface area (Å²) in [6.07, 6.45) is 1.94. The highest BCUT2D eigenvalue weighted by Crippen LogP contribution is 2.29. The lowest BCUT2D eigenvalue weighted by Gasteiger charge is -2.27. The summed E-state index contributed by atoms with van der Waals surface area (Å²) in [6.45, 7) is 6.44. The van der Waals surface area contributed by atoms with Gasteiger partial charge in [0, 0.05) is 11.3 Å². The molecule has 0 bridgehead atoms. The minimum atomic E-state index is -0.939. The van der Waals surface area contributed by atoms with Gasteiger partial charge in [-0.25, -0.2) is 4.79 Å². The highest BCUT2D eigenvalue weighted by atomic mass is 16.5. The van der Waals surface area contributed by atoms with Crippen LogP contribution in [0, 0.1) is 13.8 Å². The number of carbonyl (C=O) groups is 3. The van der Waals surface area contributed by atoms with Gasteiger partial charge in [0.2, 0.25) is 0 Å². The van der Waals surface area contributed by atoms with Crippen molar-refractivity contribution in [3.8, 4) is 0 Å². The van der Waals surface area contributed by atoms with Crippen LogP contribution in [0.15, 0.2) is 24.3 Å². The predicted octanol–water partition coefficient (Wildman–Crippen LogP) is 3.57. The molecule has 6 heteroatoms. The summed E-state index contributed by atoms with van der Waals surface area (Å²) in [4.78, 5) is 39.8. The van der Waals surface area contributed by atoms with Gasteiger partial charge in [-0.05, 0) is 63.6 Å². The third-order valence-corrected chi connectivity index (χ3v) is 5.33. The normalized spacial score (nSPS) is 16.8. The monoisotopic (exact) mass is 382 g/mol. The first-order valence-corrected chi connectivity index (χ1v) is 9.58. The number of fused-ring (bicyclic) bond motifs is 1. The van der Waals surface area contributed by atoms with E-state index < -0.39 is 12.1 Å². The van der Waals surface area contributed by atoms with Crippen molar-refractivity contribution in [3.05, 3.63) is 57.9 Å². The third-order valence-electron chi connectivity index (χ3n) is 5.33. The van der Waals surface area contributed by atoms with Gasteiger partial charge in [0.05, 0.1) is 6.04 Å². The SMILES string of the molecule is CC(=O)c1c(C)[nH]c(C(=O)OC(C)C(=O)NC2CCCc3ccccc32)c1C. The number of ether oxygens (including phenoxy) is 1. The fourth-order valence-electron chi connectivity index (χ4n) is 3.95. The average Bonchev–Trinajstić information content (AvgIpc) is 2.96. The van der Waals surface area contributed by atoms with Crippen molar-refractivity contribution in [3.63, 3.8) is 0 Å². The van der Waals surface area contributed by atoms with E-state index in [0.29, 0.717) is 16.8 Å². The quantitative estimate of drug-likeness (QED) is 0.611. The third kappa shape index (κ3) is 3.86. The van der Waals surface area contributed by atoms with Gasteiger partial charge in [0.25, 0.3) is 5.91 Å². The molecule has 28 heavy (non-hydrogen) atoms. The molecule has 148 valence electrons. The Morgan fingerprint density at radius 1 is 1.21 bits per heavy atom. The van der Waals surface area contributed by atoms with E-state index >= 15 is 0 Å². The number of hydrogen-bond acceptors (Lipinski definition) is 4. The highest BCUT2D eigenvalue weighted by molar-refractivity contribution is 6.01. The van der Waals surface area contributed by atoms with Crippen molar-refractivity contribution in [1.29, 1.82) is 0 Å². The van der Waals surface area contributed by atoms with Crippen molar-refractivity contribution in [1.82, 2.24) is 10.3 Å². The van der Waals surface area contributed by atoms with E-state index in [2.05, 4.69) is 16.4 Å². The number of amides is 1. The number of rotatable bonds is 5. The Hall–Kier alpha value is -2.89. The van der Waals surface area contributed by atoms with Crippen molar-refractivity contribution < 1.29 is 19.1 Å². The van der Waals surface area contributed by atoms with Crippen LogP contribution in [0.2, 0.25) is 0 Å². The zero-order valence-corrected chi connectivity index (χ0v) is 16.7. The Balaban J connectivity index is 1.68. The standard InChI is InChI=1S/C22H26N2O4/c1-12-19(14(3)25)13(2)23-20(12)22(27)28-15(4)21(26)24-18-11-7-9-16-8-5-6-10-17(16)18/h5-6,8,10,15,18,23H,7,9,11H2,1-4H3,(H,24,26). The molecule has 1 aromatic heterocycles. The Bertz CT molecular complexity index is 929. The lowest BCUT2D eigenvalue weighted by Crippen LogP contribution is -2.39. The van der Waals surface area contributed by atoms with Crippen molar-refractivity contribution >= 4 is 17.7 Å². The maximum absolute atomic E-state index is 12.6. The summed E-state index contributed by atoms with van der Waals surface area (Å²) in [7, 11) is 0. The van der Waals surface area contributed by atoms with Gasteiger partial charge in [-0.1, -0.05) is 24.3 Å². The number of ketones is 1. The van der Waals surface area contributed by atoms with Gasteiger partial charge in [-0.3, -0.25) is 9.59 Å². The van der Waals surface area contributed by atoms with E-state index in [1.807, 2.05) is 18.2 Å². The second-order valence-corrected chi connectivity index (χ2v) is 7.38. The molecule has 1 amide bonds. The number of aromatic nitrogens is 1. The number of esters is 1. The molecule has 3 rings (SSSR count). The fraction of sp³-hybridized carbons (Fsp3) is 0.409. The first kappa shape index (κ1) is 19.9. The molecule has 1 heterocycles. The van der Waals surface area contributed by atoms with Crippen LogP contribution < -0.4 is 5.32 Å². The van der Waals surface area contributed by atoms with Crippen LogP contribution in [0.4, 0.5) is 0 Å². The van der Waals surface area contributed by atoms with Gasteiger partial charge in [0.15, 0.2) is 11.9 Å². The predicted molar refractivity (Wildman–Crippen MR) is 105 cm³/mol. The summed E-state index contributed by atoms with van der Waals surface area (Å²) in [5.74, 6) is -1.09. The molecule has 0 aliphatic heterocycles. The van der Waals surface area contributed by atoms with E-state index in [0.717, 1.165) is 24.8 Å². The molecule has 1 aromatic carbocycles. The number of H-pyrrole nitrogens is 1. The zero-order chi connectivity index (χ0) is 20.4. The summed E-state index contributed by atoms with van der Waals surface area (Å²) in [5, 5.41) is 3.00. The molecular formula is C22H26N2O4. The highest BCUT2D eigenvalue weighted by Gasteiger charge is 2.27. The fourth-order valence-corrected chi connectivity index (χ4v) is 3.95. The molecule has 0 fully saturated rings. The maximum Gasteiger partial charge on any atom is 0.355 e. The second kappa shape index (κ2) is 8.00.